The Morgan fingerprint density at radius 1 is 1.57 bits per heavy atom. The molecule has 0 aliphatic heterocycles. The number of unbranched alkanes of at least 4 members (excludes halogenated alkanes) is 1. The molecule has 0 N–H and O–H groups in total. The van der Waals surface area contributed by atoms with Crippen LogP contribution in [0.15, 0.2) is 12.2 Å². The van der Waals surface area contributed by atoms with E-state index in [1.54, 1.807) is 7.11 Å². The molecular weight excluding hydrogens is 179 g/mol. The summed E-state index contributed by atoms with van der Waals surface area (Å²) in [6, 6.07) is 0. The molecule has 14 heavy (non-hydrogen) atoms. The molecule has 0 heterocycles. The van der Waals surface area contributed by atoms with Crippen molar-refractivity contribution in [3.8, 4) is 0 Å². The van der Waals surface area contributed by atoms with E-state index in [1.807, 2.05) is 6.08 Å². The van der Waals surface area contributed by atoms with Gasteiger partial charge in [0.15, 0.2) is 0 Å². The SMILES string of the molecule is CCCC[C@@]1(COC)C=CC[C@H](F)C1. The molecule has 0 saturated carbocycles. The zero-order chi connectivity index (χ0) is 10.4. The monoisotopic (exact) mass is 200 g/mol. The summed E-state index contributed by atoms with van der Waals surface area (Å²) in [7, 11) is 1.70. The fourth-order valence-electron chi connectivity index (χ4n) is 2.24. The minimum absolute atomic E-state index is 0.0254. The second-order valence-corrected chi connectivity index (χ2v) is 4.34. The molecule has 0 spiro atoms. The molecule has 82 valence electrons. The first-order valence-electron chi connectivity index (χ1n) is 5.53. The average molecular weight is 200 g/mol. The van der Waals surface area contributed by atoms with Crippen molar-refractivity contribution in [2.24, 2.45) is 5.41 Å². The van der Waals surface area contributed by atoms with Crippen molar-refractivity contribution in [3.05, 3.63) is 12.2 Å². The van der Waals surface area contributed by atoms with Gasteiger partial charge in [0.05, 0.1) is 6.61 Å². The summed E-state index contributed by atoms with van der Waals surface area (Å²) in [6.45, 7) is 2.82. The average Bonchev–Trinajstić information content (AvgIpc) is 2.15. The molecule has 0 amide bonds. The highest BCUT2D eigenvalue weighted by Crippen LogP contribution is 2.37. The van der Waals surface area contributed by atoms with Gasteiger partial charge >= 0.3 is 0 Å². The summed E-state index contributed by atoms with van der Waals surface area (Å²) in [4.78, 5) is 0. The van der Waals surface area contributed by atoms with Gasteiger partial charge in [0, 0.05) is 12.5 Å². The van der Waals surface area contributed by atoms with Gasteiger partial charge in [-0.1, -0.05) is 31.9 Å². The number of rotatable bonds is 5. The van der Waals surface area contributed by atoms with E-state index in [0.717, 1.165) is 19.3 Å². The van der Waals surface area contributed by atoms with Crippen LogP contribution < -0.4 is 0 Å². The summed E-state index contributed by atoms with van der Waals surface area (Å²) in [5.74, 6) is 0. The summed E-state index contributed by atoms with van der Waals surface area (Å²) in [5.41, 5.74) is -0.0254. The summed E-state index contributed by atoms with van der Waals surface area (Å²) in [5, 5.41) is 0. The van der Waals surface area contributed by atoms with Crippen LogP contribution in [-0.2, 0) is 4.74 Å². The highest BCUT2D eigenvalue weighted by Gasteiger charge is 2.32. The van der Waals surface area contributed by atoms with Gasteiger partial charge in [-0.15, -0.1) is 0 Å². The third-order valence-corrected chi connectivity index (χ3v) is 2.95. The first-order chi connectivity index (χ1) is 6.72. The molecule has 1 aliphatic rings. The molecule has 2 atom stereocenters. The van der Waals surface area contributed by atoms with Crippen molar-refractivity contribution in [1.82, 2.24) is 0 Å². The number of alkyl halides is 1. The third-order valence-electron chi connectivity index (χ3n) is 2.95. The van der Waals surface area contributed by atoms with Crippen LogP contribution in [0.4, 0.5) is 4.39 Å². The number of allylic oxidation sites excluding steroid dienone is 1. The Kier molecular flexibility index (Phi) is 4.59. The van der Waals surface area contributed by atoms with E-state index in [-0.39, 0.29) is 5.41 Å². The van der Waals surface area contributed by atoms with E-state index in [1.165, 1.54) is 0 Å². The van der Waals surface area contributed by atoms with Gasteiger partial charge in [-0.2, -0.15) is 0 Å². The smallest absolute Gasteiger partial charge is 0.104 e. The van der Waals surface area contributed by atoms with E-state index < -0.39 is 6.17 Å². The minimum atomic E-state index is -0.674. The Morgan fingerprint density at radius 2 is 2.36 bits per heavy atom. The molecule has 0 aromatic heterocycles. The molecule has 1 rings (SSSR count). The van der Waals surface area contributed by atoms with Crippen molar-refractivity contribution in [1.29, 1.82) is 0 Å². The van der Waals surface area contributed by atoms with Gasteiger partial charge in [0.25, 0.3) is 0 Å². The Balaban J connectivity index is 2.60. The van der Waals surface area contributed by atoms with Crippen LogP contribution in [0.1, 0.15) is 39.0 Å². The van der Waals surface area contributed by atoms with Gasteiger partial charge < -0.3 is 4.74 Å². The second-order valence-electron chi connectivity index (χ2n) is 4.34. The third kappa shape index (κ3) is 3.09. The van der Waals surface area contributed by atoms with Gasteiger partial charge in [-0.05, 0) is 19.3 Å². The lowest BCUT2D eigenvalue weighted by atomic mass is 9.75. The zero-order valence-corrected chi connectivity index (χ0v) is 9.26. The number of ether oxygens (including phenoxy) is 1. The lowest BCUT2D eigenvalue weighted by molar-refractivity contribution is 0.0710. The fourth-order valence-corrected chi connectivity index (χ4v) is 2.24. The van der Waals surface area contributed by atoms with E-state index in [4.69, 9.17) is 4.74 Å². The van der Waals surface area contributed by atoms with E-state index in [0.29, 0.717) is 19.4 Å². The maximum atomic E-state index is 13.3. The maximum absolute atomic E-state index is 13.3. The van der Waals surface area contributed by atoms with Crippen molar-refractivity contribution < 1.29 is 9.13 Å². The Hall–Kier alpha value is -0.370. The minimum Gasteiger partial charge on any atom is -0.384 e. The Morgan fingerprint density at radius 3 is 2.93 bits per heavy atom. The lowest BCUT2D eigenvalue weighted by Crippen LogP contribution is -2.30. The molecule has 0 saturated heterocycles. The van der Waals surface area contributed by atoms with Crippen LogP contribution in [0.2, 0.25) is 0 Å². The number of hydrogen-bond donors (Lipinski definition) is 0. The zero-order valence-electron chi connectivity index (χ0n) is 9.26. The normalized spacial score (nSPS) is 32.1. The number of hydrogen-bond acceptors (Lipinski definition) is 1. The molecular formula is C12H21FO. The van der Waals surface area contributed by atoms with Crippen LogP contribution >= 0.6 is 0 Å². The molecule has 1 nitrogen and oxygen atoms in total. The molecule has 0 radical (unpaired) electrons. The van der Waals surface area contributed by atoms with Crippen LogP contribution in [0.3, 0.4) is 0 Å². The highest BCUT2D eigenvalue weighted by molar-refractivity contribution is 5.06. The predicted molar refractivity (Wildman–Crippen MR) is 57.1 cm³/mol. The van der Waals surface area contributed by atoms with Crippen LogP contribution in [0.5, 0.6) is 0 Å². The lowest BCUT2D eigenvalue weighted by Gasteiger charge is -2.34. The van der Waals surface area contributed by atoms with E-state index in [9.17, 15) is 4.39 Å². The largest absolute Gasteiger partial charge is 0.384 e. The standard InChI is InChI=1S/C12H21FO/c1-3-4-7-12(10-14-2)8-5-6-11(13)9-12/h5,8,11H,3-4,6-7,9-10H2,1-2H3/t11-,12+/m0/s1. The molecule has 0 aromatic rings. The topological polar surface area (TPSA) is 9.23 Å². The first kappa shape index (κ1) is 11.7. The van der Waals surface area contributed by atoms with Crippen LogP contribution in [-0.4, -0.2) is 19.9 Å². The van der Waals surface area contributed by atoms with Crippen LogP contribution in [0, 0.1) is 5.41 Å². The highest BCUT2D eigenvalue weighted by atomic mass is 19.1. The summed E-state index contributed by atoms with van der Waals surface area (Å²) >= 11 is 0. The second kappa shape index (κ2) is 5.50. The van der Waals surface area contributed by atoms with Gasteiger partial charge in [-0.25, -0.2) is 4.39 Å². The number of methoxy groups -OCH3 is 1. The Labute approximate surface area is 86.3 Å². The molecule has 0 bridgehead atoms. The van der Waals surface area contributed by atoms with Gasteiger partial charge in [-0.3, -0.25) is 0 Å². The van der Waals surface area contributed by atoms with Crippen molar-refractivity contribution >= 4 is 0 Å². The molecule has 0 fully saturated rings. The fraction of sp³-hybridized carbons (Fsp3) is 0.833. The van der Waals surface area contributed by atoms with Crippen molar-refractivity contribution in [2.75, 3.05) is 13.7 Å². The number of halogens is 1. The summed E-state index contributed by atoms with van der Waals surface area (Å²) in [6.07, 6.45) is 8.05. The summed E-state index contributed by atoms with van der Waals surface area (Å²) < 4.78 is 18.5. The molecule has 2 heteroatoms. The first-order valence-corrected chi connectivity index (χ1v) is 5.53. The van der Waals surface area contributed by atoms with Crippen LogP contribution in [0.25, 0.3) is 0 Å². The Bertz CT molecular complexity index is 191. The predicted octanol–water partition coefficient (Wildman–Crippen LogP) is 3.50. The van der Waals surface area contributed by atoms with Crippen molar-refractivity contribution in [3.63, 3.8) is 0 Å². The van der Waals surface area contributed by atoms with Gasteiger partial charge in [0.1, 0.15) is 6.17 Å². The quantitative estimate of drug-likeness (QED) is 0.617. The maximum Gasteiger partial charge on any atom is 0.104 e. The molecule has 1 aliphatic carbocycles. The van der Waals surface area contributed by atoms with E-state index in [2.05, 4.69) is 13.0 Å². The molecule has 0 aromatic carbocycles. The van der Waals surface area contributed by atoms with Crippen molar-refractivity contribution in [2.45, 2.75) is 45.2 Å². The molecule has 0 unspecified atom stereocenters. The van der Waals surface area contributed by atoms with E-state index >= 15 is 0 Å². The van der Waals surface area contributed by atoms with Gasteiger partial charge in [0.2, 0.25) is 0 Å².